The van der Waals surface area contributed by atoms with Crippen molar-refractivity contribution in [3.63, 3.8) is 0 Å². The van der Waals surface area contributed by atoms with Crippen LogP contribution in [-0.2, 0) is 0 Å². The molecule has 4 nitrogen and oxygen atoms in total. The molecular weight excluding hydrogens is 339 g/mol. The van der Waals surface area contributed by atoms with E-state index in [1.54, 1.807) is 12.1 Å². The first kappa shape index (κ1) is 21.4. The summed E-state index contributed by atoms with van der Waals surface area (Å²) in [6.07, 6.45) is 2.80. The van der Waals surface area contributed by atoms with E-state index in [-0.39, 0.29) is 17.9 Å². The quantitative estimate of drug-likeness (QED) is 0.332. The molecule has 0 bridgehead atoms. The van der Waals surface area contributed by atoms with Gasteiger partial charge in [0, 0.05) is 24.7 Å². The molecule has 0 saturated carbocycles. The third-order valence-corrected chi connectivity index (χ3v) is 4.59. The van der Waals surface area contributed by atoms with Crippen molar-refractivity contribution in [3.05, 3.63) is 40.7 Å². The van der Waals surface area contributed by atoms with E-state index in [4.69, 9.17) is 11.6 Å². The molecule has 140 valence electrons. The van der Waals surface area contributed by atoms with E-state index >= 15 is 0 Å². The summed E-state index contributed by atoms with van der Waals surface area (Å²) >= 11 is 5.98. The first-order valence-corrected chi connectivity index (χ1v) is 9.08. The Bertz CT molecular complexity index is 601. The molecule has 0 amide bonds. The molecule has 1 aromatic carbocycles. The average Bonchev–Trinajstić information content (AvgIpc) is 2.58. The van der Waals surface area contributed by atoms with E-state index in [2.05, 4.69) is 36.4 Å². The maximum Gasteiger partial charge on any atom is 0.146 e. The molecule has 0 saturated heterocycles. The number of nitrogens with one attached hydrogen (secondary N) is 1. The van der Waals surface area contributed by atoms with Crippen molar-refractivity contribution < 1.29 is 4.39 Å². The number of rotatable bonds is 9. The van der Waals surface area contributed by atoms with Crippen molar-refractivity contribution >= 4 is 17.3 Å². The Labute approximate surface area is 156 Å². The second-order valence-corrected chi connectivity index (χ2v) is 7.15. The van der Waals surface area contributed by atoms with Gasteiger partial charge in [0.05, 0.1) is 11.7 Å². The molecule has 1 rings (SSSR count). The Morgan fingerprint density at radius 3 is 2.64 bits per heavy atom. The highest BCUT2D eigenvalue weighted by Crippen LogP contribution is 2.23. The zero-order chi connectivity index (χ0) is 19.0. The van der Waals surface area contributed by atoms with Gasteiger partial charge in [-0.3, -0.25) is 5.01 Å². The van der Waals surface area contributed by atoms with E-state index < -0.39 is 0 Å². The molecule has 0 aliphatic heterocycles. The Balaban J connectivity index is 2.73. The third-order valence-electron chi connectivity index (χ3n) is 4.36. The molecule has 6 heteroatoms. The number of allylic oxidation sites excluding steroid dienone is 1. The standard InChI is InChI=1S/C19H30ClFN4/c1-7-14(4)18(22-19-12-16(20)8-9-17(19)21)10-11-25(6)24-23-15(5)13(2)3/h7-9,12-13,15,18,22H,10-11H2,1-6H3/b14-7+,24-23-/t15-,18?/m0/s1. The van der Waals surface area contributed by atoms with Gasteiger partial charge in [0.1, 0.15) is 5.82 Å². The topological polar surface area (TPSA) is 40.0 Å². The van der Waals surface area contributed by atoms with Crippen molar-refractivity contribution in [2.24, 2.45) is 16.3 Å². The summed E-state index contributed by atoms with van der Waals surface area (Å²) in [6.45, 7) is 11.0. The molecule has 0 fully saturated rings. The molecule has 0 aliphatic carbocycles. The van der Waals surface area contributed by atoms with Gasteiger partial charge in [-0.1, -0.05) is 42.3 Å². The molecule has 1 N–H and O–H groups in total. The minimum absolute atomic E-state index is 0.00172. The lowest BCUT2D eigenvalue weighted by Gasteiger charge is -2.23. The van der Waals surface area contributed by atoms with Crippen molar-refractivity contribution in [1.29, 1.82) is 0 Å². The van der Waals surface area contributed by atoms with Crippen molar-refractivity contribution in [3.8, 4) is 0 Å². The lowest BCUT2D eigenvalue weighted by atomic mass is 10.0. The van der Waals surface area contributed by atoms with Crippen LogP contribution in [0.5, 0.6) is 0 Å². The van der Waals surface area contributed by atoms with E-state index in [0.29, 0.717) is 23.2 Å². The van der Waals surface area contributed by atoms with E-state index in [1.165, 1.54) is 6.07 Å². The second-order valence-electron chi connectivity index (χ2n) is 6.71. The van der Waals surface area contributed by atoms with Crippen LogP contribution in [0.25, 0.3) is 0 Å². The largest absolute Gasteiger partial charge is 0.376 e. The first-order chi connectivity index (χ1) is 11.7. The first-order valence-electron chi connectivity index (χ1n) is 8.70. The number of nitrogens with zero attached hydrogens (tertiary/aromatic N) is 3. The Morgan fingerprint density at radius 1 is 1.36 bits per heavy atom. The number of benzene rings is 1. The summed E-state index contributed by atoms with van der Waals surface area (Å²) in [6, 6.07) is 4.72. The number of hydrogen-bond acceptors (Lipinski definition) is 3. The minimum Gasteiger partial charge on any atom is -0.376 e. The summed E-state index contributed by atoms with van der Waals surface area (Å²) in [4.78, 5) is 0. The van der Waals surface area contributed by atoms with Gasteiger partial charge >= 0.3 is 0 Å². The fraction of sp³-hybridized carbons (Fsp3) is 0.579. The second kappa shape index (κ2) is 10.4. The maximum atomic E-state index is 14.0. The maximum absolute atomic E-state index is 14.0. The fourth-order valence-corrected chi connectivity index (χ4v) is 2.25. The highest BCUT2D eigenvalue weighted by Gasteiger charge is 2.14. The Kier molecular flexibility index (Phi) is 8.90. The summed E-state index contributed by atoms with van der Waals surface area (Å²) < 4.78 is 14.0. The van der Waals surface area contributed by atoms with E-state index in [1.807, 2.05) is 32.0 Å². The molecule has 0 heterocycles. The molecule has 1 unspecified atom stereocenters. The monoisotopic (exact) mass is 368 g/mol. The van der Waals surface area contributed by atoms with Crippen LogP contribution in [0.2, 0.25) is 5.02 Å². The van der Waals surface area contributed by atoms with Gasteiger partial charge in [-0.05, 0) is 51.3 Å². The third kappa shape index (κ3) is 7.43. The summed E-state index contributed by atoms with van der Waals surface area (Å²) in [5, 5.41) is 14.2. The van der Waals surface area contributed by atoms with Crippen molar-refractivity contribution in [2.75, 3.05) is 18.9 Å². The predicted molar refractivity (Wildman–Crippen MR) is 105 cm³/mol. The molecule has 0 radical (unpaired) electrons. The van der Waals surface area contributed by atoms with Gasteiger partial charge in [-0.25, -0.2) is 4.39 Å². The summed E-state index contributed by atoms with van der Waals surface area (Å²) in [7, 11) is 1.90. The van der Waals surface area contributed by atoms with Gasteiger partial charge in [0.2, 0.25) is 0 Å². The fourth-order valence-electron chi connectivity index (χ4n) is 2.07. The van der Waals surface area contributed by atoms with Gasteiger partial charge < -0.3 is 5.32 Å². The Morgan fingerprint density at radius 2 is 2.04 bits per heavy atom. The molecule has 0 aliphatic rings. The van der Waals surface area contributed by atoms with Crippen LogP contribution in [0.15, 0.2) is 40.2 Å². The zero-order valence-corrected chi connectivity index (χ0v) is 16.8. The van der Waals surface area contributed by atoms with E-state index in [0.717, 1.165) is 12.0 Å². The summed E-state index contributed by atoms with van der Waals surface area (Å²) in [5.74, 6) is 0.153. The van der Waals surface area contributed by atoms with Crippen LogP contribution >= 0.6 is 11.6 Å². The minimum atomic E-state index is -0.308. The van der Waals surface area contributed by atoms with Crippen LogP contribution in [0.1, 0.15) is 41.0 Å². The van der Waals surface area contributed by atoms with Crippen LogP contribution in [0.3, 0.4) is 0 Å². The number of halogens is 2. The van der Waals surface area contributed by atoms with Gasteiger partial charge in [0.25, 0.3) is 0 Å². The summed E-state index contributed by atoms with van der Waals surface area (Å²) in [5.41, 5.74) is 1.55. The SMILES string of the molecule is C/C=C(\C)C(CCN(C)/N=N\[C@@H](C)C(C)C)Nc1cc(Cl)ccc1F. The molecule has 25 heavy (non-hydrogen) atoms. The van der Waals surface area contributed by atoms with Crippen LogP contribution in [0, 0.1) is 11.7 Å². The van der Waals surface area contributed by atoms with Gasteiger partial charge in [-0.2, -0.15) is 5.11 Å². The van der Waals surface area contributed by atoms with Gasteiger partial charge in [0.15, 0.2) is 0 Å². The number of anilines is 1. The average molecular weight is 369 g/mol. The molecule has 1 aromatic rings. The Hall–Kier alpha value is -1.62. The predicted octanol–water partition coefficient (Wildman–Crippen LogP) is 5.96. The highest BCUT2D eigenvalue weighted by molar-refractivity contribution is 6.30. The van der Waals surface area contributed by atoms with Crippen molar-refractivity contribution in [2.45, 2.75) is 53.1 Å². The highest BCUT2D eigenvalue weighted by atomic mass is 35.5. The van der Waals surface area contributed by atoms with Crippen LogP contribution < -0.4 is 5.32 Å². The molecular formula is C19H30ClFN4. The molecule has 0 aromatic heterocycles. The lowest BCUT2D eigenvalue weighted by molar-refractivity contribution is 0.304. The normalized spacial score (nSPS) is 14.8. The smallest absolute Gasteiger partial charge is 0.146 e. The molecule has 0 spiro atoms. The van der Waals surface area contributed by atoms with Crippen molar-refractivity contribution in [1.82, 2.24) is 5.01 Å². The van der Waals surface area contributed by atoms with Crippen LogP contribution in [-0.4, -0.2) is 30.7 Å². The van der Waals surface area contributed by atoms with Gasteiger partial charge in [-0.15, -0.1) is 0 Å². The van der Waals surface area contributed by atoms with E-state index in [9.17, 15) is 4.39 Å². The molecule has 2 atom stereocenters. The van der Waals surface area contributed by atoms with Crippen LogP contribution in [0.4, 0.5) is 10.1 Å². The lowest BCUT2D eigenvalue weighted by Crippen LogP contribution is -2.27. The number of hydrogen-bond donors (Lipinski definition) is 1. The zero-order valence-electron chi connectivity index (χ0n) is 16.1.